The van der Waals surface area contributed by atoms with Crippen LogP contribution in [0, 0.1) is 0 Å². The van der Waals surface area contributed by atoms with Gasteiger partial charge in [-0.3, -0.25) is 0 Å². The number of carboxylic acids is 1. The zero-order valence-electron chi connectivity index (χ0n) is 10.8. The van der Waals surface area contributed by atoms with E-state index in [1.54, 1.807) is 4.90 Å². The van der Waals surface area contributed by atoms with Crippen molar-refractivity contribution < 1.29 is 14.7 Å². The number of nitrogens with zero attached hydrogens (tertiary/aromatic N) is 2. The van der Waals surface area contributed by atoms with Crippen molar-refractivity contribution in [3.8, 4) is 0 Å². The van der Waals surface area contributed by atoms with Crippen LogP contribution in [0.2, 0.25) is 0 Å². The molecule has 2 rings (SSSR count). The lowest BCUT2D eigenvalue weighted by Crippen LogP contribution is -2.53. The van der Waals surface area contributed by atoms with Crippen LogP contribution in [0.5, 0.6) is 0 Å². The lowest BCUT2D eigenvalue weighted by atomic mass is 10.0. The number of likely N-dealkylation sites (tertiary alicyclic amines) is 2. The Morgan fingerprint density at radius 3 is 2.11 bits per heavy atom. The fourth-order valence-electron chi connectivity index (χ4n) is 2.86. The van der Waals surface area contributed by atoms with Crippen molar-refractivity contribution in [2.45, 2.75) is 51.0 Å². The largest absolute Gasteiger partial charge is 0.480 e. The maximum Gasteiger partial charge on any atom is 0.326 e. The number of hydrogen-bond acceptors (Lipinski definition) is 2. The molecule has 0 bridgehead atoms. The van der Waals surface area contributed by atoms with E-state index in [0.717, 1.165) is 38.8 Å². The third kappa shape index (κ3) is 2.94. The summed E-state index contributed by atoms with van der Waals surface area (Å²) in [6, 6.07) is -0.682. The predicted octanol–water partition coefficient (Wildman–Crippen LogP) is 1.92. The van der Waals surface area contributed by atoms with Crippen LogP contribution < -0.4 is 0 Å². The van der Waals surface area contributed by atoms with Crippen LogP contribution in [0.3, 0.4) is 0 Å². The third-order valence-corrected chi connectivity index (χ3v) is 3.91. The van der Waals surface area contributed by atoms with Gasteiger partial charge in [0.25, 0.3) is 0 Å². The summed E-state index contributed by atoms with van der Waals surface area (Å²) in [5.41, 5.74) is 0. The molecule has 102 valence electrons. The van der Waals surface area contributed by atoms with Crippen LogP contribution in [0.15, 0.2) is 0 Å². The number of urea groups is 1. The standard InChI is InChI=1S/C13H22N2O3/c16-12(17)11-7-3-6-10-15(11)13(18)14-8-4-1-2-5-9-14/h11H,1-10H2,(H,16,17). The topological polar surface area (TPSA) is 60.9 Å². The van der Waals surface area contributed by atoms with Gasteiger partial charge >= 0.3 is 12.0 Å². The fourth-order valence-corrected chi connectivity index (χ4v) is 2.86. The van der Waals surface area contributed by atoms with Gasteiger partial charge in [-0.2, -0.15) is 0 Å². The van der Waals surface area contributed by atoms with Gasteiger partial charge in [-0.15, -0.1) is 0 Å². The Morgan fingerprint density at radius 1 is 0.889 bits per heavy atom. The molecule has 1 atom stereocenters. The van der Waals surface area contributed by atoms with Crippen LogP contribution in [0.4, 0.5) is 4.79 Å². The first kappa shape index (κ1) is 13.2. The molecule has 2 amide bonds. The van der Waals surface area contributed by atoms with E-state index in [-0.39, 0.29) is 6.03 Å². The van der Waals surface area contributed by atoms with Crippen LogP contribution in [-0.2, 0) is 4.79 Å². The Kier molecular flexibility index (Phi) is 4.44. The molecule has 2 heterocycles. The average Bonchev–Trinajstić information content (AvgIpc) is 2.66. The molecular formula is C13H22N2O3. The minimum atomic E-state index is -0.863. The van der Waals surface area contributed by atoms with Gasteiger partial charge in [-0.05, 0) is 32.1 Å². The molecule has 1 N–H and O–H groups in total. The molecule has 2 aliphatic heterocycles. The fraction of sp³-hybridized carbons (Fsp3) is 0.846. The maximum atomic E-state index is 12.4. The average molecular weight is 254 g/mol. The number of carbonyl (C=O) groups excluding carboxylic acids is 1. The van der Waals surface area contributed by atoms with Gasteiger partial charge in [-0.25, -0.2) is 9.59 Å². The molecule has 0 spiro atoms. The van der Waals surface area contributed by atoms with E-state index in [0.29, 0.717) is 13.0 Å². The molecule has 0 radical (unpaired) electrons. The normalized spacial score (nSPS) is 25.7. The molecule has 5 nitrogen and oxygen atoms in total. The molecule has 0 aromatic rings. The Morgan fingerprint density at radius 2 is 1.50 bits per heavy atom. The van der Waals surface area contributed by atoms with Gasteiger partial charge in [0, 0.05) is 19.6 Å². The Bertz CT molecular complexity index is 311. The first-order chi connectivity index (χ1) is 8.70. The van der Waals surface area contributed by atoms with Crippen LogP contribution in [0.1, 0.15) is 44.9 Å². The van der Waals surface area contributed by atoms with Gasteiger partial charge in [-0.1, -0.05) is 12.8 Å². The van der Waals surface area contributed by atoms with E-state index in [4.69, 9.17) is 0 Å². The summed E-state index contributed by atoms with van der Waals surface area (Å²) in [7, 11) is 0. The quantitative estimate of drug-likeness (QED) is 0.777. The summed E-state index contributed by atoms with van der Waals surface area (Å²) in [6.07, 6.45) is 6.84. The van der Waals surface area contributed by atoms with E-state index in [1.165, 1.54) is 12.8 Å². The molecule has 5 heteroatoms. The number of piperidine rings is 1. The van der Waals surface area contributed by atoms with Gasteiger partial charge in [0.1, 0.15) is 6.04 Å². The minimum Gasteiger partial charge on any atom is -0.480 e. The molecule has 2 saturated heterocycles. The lowest BCUT2D eigenvalue weighted by Gasteiger charge is -2.36. The summed E-state index contributed by atoms with van der Waals surface area (Å²) in [4.78, 5) is 27.0. The van der Waals surface area contributed by atoms with Gasteiger partial charge < -0.3 is 14.9 Å². The number of hydrogen-bond donors (Lipinski definition) is 1. The van der Waals surface area contributed by atoms with E-state index >= 15 is 0 Å². The highest BCUT2D eigenvalue weighted by Crippen LogP contribution is 2.20. The third-order valence-electron chi connectivity index (χ3n) is 3.91. The van der Waals surface area contributed by atoms with E-state index in [2.05, 4.69) is 0 Å². The highest BCUT2D eigenvalue weighted by atomic mass is 16.4. The van der Waals surface area contributed by atoms with Crippen LogP contribution >= 0.6 is 0 Å². The molecular weight excluding hydrogens is 232 g/mol. The second-order valence-electron chi connectivity index (χ2n) is 5.23. The highest BCUT2D eigenvalue weighted by Gasteiger charge is 2.34. The number of aliphatic carboxylic acids is 1. The molecule has 0 aromatic carbocycles. The van der Waals surface area contributed by atoms with Crippen molar-refractivity contribution in [2.75, 3.05) is 19.6 Å². The number of carbonyl (C=O) groups is 2. The molecule has 0 aliphatic carbocycles. The van der Waals surface area contributed by atoms with E-state index in [1.807, 2.05) is 4.90 Å². The first-order valence-corrected chi connectivity index (χ1v) is 6.98. The summed E-state index contributed by atoms with van der Waals surface area (Å²) < 4.78 is 0. The SMILES string of the molecule is O=C(O)C1CCCCN1C(=O)N1CCCCCC1. The predicted molar refractivity (Wildman–Crippen MR) is 67.4 cm³/mol. The highest BCUT2D eigenvalue weighted by molar-refractivity contribution is 5.83. The maximum absolute atomic E-state index is 12.4. The minimum absolute atomic E-state index is 0.0657. The molecule has 2 aliphatic rings. The molecule has 18 heavy (non-hydrogen) atoms. The number of amides is 2. The lowest BCUT2D eigenvalue weighted by molar-refractivity contribution is -0.143. The Balaban J connectivity index is 2.02. The van der Waals surface area contributed by atoms with Crippen molar-refractivity contribution in [1.82, 2.24) is 9.80 Å². The Labute approximate surface area is 108 Å². The Hall–Kier alpha value is -1.26. The van der Waals surface area contributed by atoms with Crippen LogP contribution in [0.25, 0.3) is 0 Å². The monoisotopic (exact) mass is 254 g/mol. The number of rotatable bonds is 1. The smallest absolute Gasteiger partial charge is 0.326 e. The van der Waals surface area contributed by atoms with Crippen molar-refractivity contribution in [2.24, 2.45) is 0 Å². The summed E-state index contributed by atoms with van der Waals surface area (Å²) >= 11 is 0. The molecule has 0 saturated carbocycles. The number of carboxylic acid groups (broad SMARTS) is 1. The van der Waals surface area contributed by atoms with Crippen molar-refractivity contribution in [1.29, 1.82) is 0 Å². The summed E-state index contributed by atoms with van der Waals surface area (Å²) in [5.74, 6) is -0.863. The van der Waals surface area contributed by atoms with Gasteiger partial charge in [0.05, 0.1) is 0 Å². The van der Waals surface area contributed by atoms with E-state index in [9.17, 15) is 14.7 Å². The first-order valence-electron chi connectivity index (χ1n) is 6.98. The van der Waals surface area contributed by atoms with Crippen molar-refractivity contribution in [3.05, 3.63) is 0 Å². The second-order valence-corrected chi connectivity index (χ2v) is 5.23. The van der Waals surface area contributed by atoms with Crippen molar-refractivity contribution in [3.63, 3.8) is 0 Å². The van der Waals surface area contributed by atoms with Gasteiger partial charge in [0.2, 0.25) is 0 Å². The van der Waals surface area contributed by atoms with E-state index < -0.39 is 12.0 Å². The summed E-state index contributed by atoms with van der Waals surface area (Å²) in [5, 5.41) is 9.20. The molecule has 1 unspecified atom stereocenters. The van der Waals surface area contributed by atoms with Crippen molar-refractivity contribution >= 4 is 12.0 Å². The zero-order valence-corrected chi connectivity index (χ0v) is 10.8. The van der Waals surface area contributed by atoms with Crippen LogP contribution in [-0.4, -0.2) is 52.6 Å². The van der Waals surface area contributed by atoms with Gasteiger partial charge in [0.15, 0.2) is 0 Å². The zero-order chi connectivity index (χ0) is 13.0. The second kappa shape index (κ2) is 6.07. The molecule has 2 fully saturated rings. The summed E-state index contributed by atoms with van der Waals surface area (Å²) in [6.45, 7) is 2.15. The molecule has 0 aromatic heterocycles.